The molecule has 0 saturated carbocycles. The van der Waals surface area contributed by atoms with Gasteiger partial charge in [0.05, 0.1) is 89.8 Å². The van der Waals surface area contributed by atoms with E-state index >= 15 is 0 Å². The van der Waals surface area contributed by atoms with Crippen LogP contribution in [-0.2, 0) is 93.3 Å². The molecule has 2 aromatic heterocycles. The van der Waals surface area contributed by atoms with Crippen LogP contribution in [0.2, 0.25) is 0 Å². The normalized spacial score (nSPS) is 20.2. The summed E-state index contributed by atoms with van der Waals surface area (Å²) in [6.45, 7) is 0.602. The molecular weight excluding hydrogens is 1360 g/mol. The number of carbonyl (C=O) groups is 4. The Morgan fingerprint density at radius 3 is 1.12 bits per heavy atom. The van der Waals surface area contributed by atoms with Gasteiger partial charge in [-0.2, -0.15) is 62.9 Å². The highest BCUT2D eigenvalue weighted by Gasteiger charge is 2.56. The van der Waals surface area contributed by atoms with E-state index in [1.54, 1.807) is 121 Å². The van der Waals surface area contributed by atoms with Gasteiger partial charge in [-0.25, -0.2) is 29.4 Å². The zero-order valence-corrected chi connectivity index (χ0v) is 54.0. The lowest BCUT2D eigenvalue weighted by molar-refractivity contribution is -0.146. The number of aromatic nitrogens is 6. The fourth-order valence-electron chi connectivity index (χ4n) is 12.6. The Balaban J connectivity index is 0.000000235. The number of aromatic amines is 2. The third kappa shape index (κ3) is 17.3. The summed E-state index contributed by atoms with van der Waals surface area (Å²) < 4.78 is 195. The molecule has 0 radical (unpaired) electrons. The molecule has 0 bridgehead atoms. The number of esters is 1. The molecule has 10 rings (SSSR count). The number of amides is 2. The first-order chi connectivity index (χ1) is 47.6. The number of nitrogens with zero attached hydrogens (tertiary/aromatic N) is 6. The summed E-state index contributed by atoms with van der Waals surface area (Å²) in [6, 6.07) is 36.6. The summed E-state index contributed by atoms with van der Waals surface area (Å²) in [5, 5.41) is 22.0. The number of ether oxygens (including phenoxy) is 5. The minimum Gasteiger partial charge on any atom is -0.481 e. The lowest BCUT2D eigenvalue weighted by Gasteiger charge is -2.53. The highest BCUT2D eigenvalue weighted by Crippen LogP contribution is 2.49. The zero-order chi connectivity index (χ0) is 73.3. The van der Waals surface area contributed by atoms with Crippen molar-refractivity contribution in [1.29, 1.82) is 0 Å². The van der Waals surface area contributed by atoms with Gasteiger partial charge in [-0.05, 0) is 109 Å². The van der Waals surface area contributed by atoms with Gasteiger partial charge < -0.3 is 28.8 Å². The topological polar surface area (TPSA) is 242 Å². The average Bonchev–Trinajstić information content (AvgIpc) is 1.47. The second kappa shape index (κ2) is 30.3. The monoisotopic (exact) mass is 1430 g/mol. The number of piperidine rings is 2. The first-order valence-electron chi connectivity index (χ1n) is 31.1. The van der Waals surface area contributed by atoms with E-state index in [1.807, 2.05) is 0 Å². The number of rotatable bonds is 20. The number of alkyl halides is 12. The Hall–Kier alpha value is -10.2. The fourth-order valence-corrected chi connectivity index (χ4v) is 12.6. The average molecular weight is 1430 g/mol. The Bertz CT molecular complexity index is 4220. The SMILES string of the molecule is COC(=O)C[C@]1(n2cn[nH]c2=O)CC[C@@](CO[C@H](C)c2cc(C(F)(F)F)cc(C(F)(F)F)c2)(c2ccccc2)N(C(=O)OCc2ccccc2)C1.C[C@@H](OC[C@@]1(c2ccccc2)CC[C@](CC(=O)O)(n2cn[nH]c2=O)CN1C(=O)OCc1ccccc1)c1cc(C(F)(F)F)cc(C(F)(F)F)c1. The van der Waals surface area contributed by atoms with E-state index in [-0.39, 0.29) is 69.6 Å². The van der Waals surface area contributed by atoms with Crippen molar-refractivity contribution < 1.29 is 101 Å². The molecule has 2 aliphatic rings. The maximum Gasteiger partial charge on any atom is 0.416 e. The van der Waals surface area contributed by atoms with Crippen molar-refractivity contribution in [2.45, 2.75) is 125 Å². The van der Waals surface area contributed by atoms with Gasteiger partial charge in [0.2, 0.25) is 0 Å². The van der Waals surface area contributed by atoms with Crippen LogP contribution >= 0.6 is 0 Å². The Kier molecular flexibility index (Phi) is 22.5. The van der Waals surface area contributed by atoms with Crippen LogP contribution in [0.25, 0.3) is 0 Å². The first-order valence-corrected chi connectivity index (χ1v) is 31.1. The summed E-state index contributed by atoms with van der Waals surface area (Å²) >= 11 is 0. The van der Waals surface area contributed by atoms with Crippen LogP contribution in [0.5, 0.6) is 0 Å². The molecule has 0 unspecified atom stereocenters. The lowest BCUT2D eigenvalue weighted by Crippen LogP contribution is -2.64. The number of H-pyrrole nitrogens is 2. The number of carboxylic acid groups (broad SMARTS) is 1. The lowest BCUT2D eigenvalue weighted by atomic mass is 9.73. The van der Waals surface area contributed by atoms with Crippen LogP contribution in [0.1, 0.15) is 120 Å². The van der Waals surface area contributed by atoms with Gasteiger partial charge in [-0.15, -0.1) is 0 Å². The number of halogens is 12. The molecule has 0 spiro atoms. The molecule has 2 amide bonds. The van der Waals surface area contributed by atoms with Crippen LogP contribution < -0.4 is 11.4 Å². The van der Waals surface area contributed by atoms with Crippen molar-refractivity contribution in [3.63, 3.8) is 0 Å². The van der Waals surface area contributed by atoms with Crippen molar-refractivity contribution in [3.05, 3.63) is 247 Å². The standard InChI is InChI=1S/C35H34F6N4O6.C34H32F6N4O6/c1-23(25-15-27(34(36,37)38)17-28(16-25)35(39,40)41)51-21-33(26-11-7-4-8-12-26)14-13-32(18-29(46)49-2,45-22-42-43-30(45)47)20-44(33)31(48)50-19-24-9-5-3-6-10-24;1-22(24-14-26(33(35,36)37)16-27(15-24)34(38,39)40)50-20-32(25-10-6-3-7-11-25)13-12-31(17-28(45)46,44-21-41-42-29(44)47)19-43(32)30(48)49-18-23-8-4-2-5-9-23/h3-12,15-17,22-23H,13-14,18-21H2,1-2H3,(H,43,47);2-11,14-16,21-22H,12-13,17-20H2,1H3,(H,42,47)(H,45,46)/t23-,32-,33-;22-,31-,32-/m11/s1. The number of aliphatic carboxylic acids is 1. The predicted octanol–water partition coefficient (Wildman–Crippen LogP) is 13.9. The van der Waals surface area contributed by atoms with Crippen LogP contribution in [0.3, 0.4) is 0 Å². The largest absolute Gasteiger partial charge is 0.481 e. The first kappa shape index (κ1) is 75.0. The smallest absolute Gasteiger partial charge is 0.416 e. The molecule has 4 heterocycles. The molecule has 101 heavy (non-hydrogen) atoms. The van der Waals surface area contributed by atoms with E-state index in [4.69, 9.17) is 23.7 Å². The summed E-state index contributed by atoms with van der Waals surface area (Å²) in [4.78, 5) is 81.7. The number of hydrogen-bond acceptors (Lipinski definition) is 13. The molecule has 3 N–H and O–H groups in total. The molecule has 32 heteroatoms. The summed E-state index contributed by atoms with van der Waals surface area (Å²) in [6.07, 6.45) is -23.5. The van der Waals surface area contributed by atoms with Crippen molar-refractivity contribution in [2.24, 2.45) is 0 Å². The van der Waals surface area contributed by atoms with Crippen molar-refractivity contribution in [2.75, 3.05) is 33.4 Å². The number of nitrogens with one attached hydrogen (secondary N) is 2. The zero-order valence-electron chi connectivity index (χ0n) is 54.0. The summed E-state index contributed by atoms with van der Waals surface area (Å²) in [7, 11) is 1.17. The van der Waals surface area contributed by atoms with Crippen molar-refractivity contribution >= 4 is 24.1 Å². The molecule has 20 nitrogen and oxygen atoms in total. The molecule has 538 valence electrons. The third-order valence-corrected chi connectivity index (χ3v) is 18.0. The molecular formula is C69H66F12N8O12. The predicted molar refractivity (Wildman–Crippen MR) is 334 cm³/mol. The van der Waals surface area contributed by atoms with Crippen molar-refractivity contribution in [3.8, 4) is 0 Å². The van der Waals surface area contributed by atoms with E-state index < -0.39 is 149 Å². The minimum atomic E-state index is -5.08. The number of methoxy groups -OCH3 is 1. The van der Waals surface area contributed by atoms with Gasteiger partial charge >= 0.3 is 60.2 Å². The third-order valence-electron chi connectivity index (χ3n) is 18.0. The highest BCUT2D eigenvalue weighted by atomic mass is 19.4. The maximum atomic E-state index is 14.3. The summed E-state index contributed by atoms with van der Waals surface area (Å²) in [5.41, 5.74) is -11.9. The molecule has 2 aliphatic heterocycles. The molecule has 6 aromatic carbocycles. The Labute approximate surface area is 567 Å². The second-order valence-electron chi connectivity index (χ2n) is 24.5. The maximum absolute atomic E-state index is 14.3. The Morgan fingerprint density at radius 1 is 0.495 bits per heavy atom. The van der Waals surface area contributed by atoms with Crippen LogP contribution in [0, 0.1) is 0 Å². The van der Waals surface area contributed by atoms with E-state index in [9.17, 15) is 86.6 Å². The van der Waals surface area contributed by atoms with Gasteiger partial charge in [0, 0.05) is 13.1 Å². The number of carboxylic acids is 1. The number of benzene rings is 6. The van der Waals surface area contributed by atoms with E-state index in [2.05, 4.69) is 20.4 Å². The second-order valence-corrected chi connectivity index (χ2v) is 24.5. The quantitative estimate of drug-likeness (QED) is 0.0365. The summed E-state index contributed by atoms with van der Waals surface area (Å²) in [5.74, 6) is -1.97. The molecule has 0 aliphatic carbocycles. The Morgan fingerprint density at radius 2 is 0.822 bits per heavy atom. The number of carbonyl (C=O) groups excluding carboxylic acids is 3. The van der Waals surface area contributed by atoms with Crippen LogP contribution in [0.15, 0.2) is 180 Å². The van der Waals surface area contributed by atoms with Gasteiger partial charge in [0.15, 0.2) is 0 Å². The van der Waals surface area contributed by atoms with Gasteiger partial charge in [-0.3, -0.25) is 28.5 Å². The fraction of sp³-hybridized carbons (Fsp3) is 0.362. The minimum absolute atomic E-state index is 0.00479. The van der Waals surface area contributed by atoms with E-state index in [0.29, 0.717) is 46.5 Å². The van der Waals surface area contributed by atoms with E-state index in [0.717, 1.165) is 10.9 Å². The number of likely N-dealkylation sites (tertiary alicyclic amines) is 2. The van der Waals surface area contributed by atoms with Gasteiger partial charge in [0.25, 0.3) is 0 Å². The molecule has 8 aromatic rings. The van der Waals surface area contributed by atoms with Crippen molar-refractivity contribution in [1.82, 2.24) is 39.3 Å². The van der Waals surface area contributed by atoms with Gasteiger partial charge in [-0.1, -0.05) is 121 Å². The van der Waals surface area contributed by atoms with Crippen LogP contribution in [0.4, 0.5) is 62.3 Å². The molecule has 2 fully saturated rings. The van der Waals surface area contributed by atoms with E-state index in [1.165, 1.54) is 41.7 Å². The highest BCUT2D eigenvalue weighted by molar-refractivity contribution is 5.73. The number of hydrogen-bond donors (Lipinski definition) is 3. The molecule has 6 atom stereocenters. The van der Waals surface area contributed by atoms with Gasteiger partial charge in [0.1, 0.15) is 25.9 Å². The van der Waals surface area contributed by atoms with Crippen LogP contribution in [-0.4, -0.2) is 102 Å². The molecule has 2 saturated heterocycles.